The smallest absolute Gasteiger partial charge is 0.344 e. The van der Waals surface area contributed by atoms with Crippen molar-refractivity contribution < 1.29 is 13.2 Å². The zero-order chi connectivity index (χ0) is 12.3. The van der Waals surface area contributed by atoms with Crippen LogP contribution in [0.4, 0.5) is 19.0 Å². The van der Waals surface area contributed by atoms with E-state index in [1.807, 2.05) is 0 Å². The molecule has 0 aliphatic rings. The standard InChI is InChI=1S/C9H11ClF3N3/c1-6(2)16(5-9(11,12)13)8-4-14-3-7(10)15-8/h3-4,6H,5H2,1-2H3. The lowest BCUT2D eigenvalue weighted by Crippen LogP contribution is -2.39. The molecule has 0 N–H and O–H groups in total. The van der Waals surface area contributed by atoms with E-state index in [1.165, 1.54) is 12.4 Å². The SMILES string of the molecule is CC(C)N(CC(F)(F)F)c1cncc(Cl)n1. The monoisotopic (exact) mass is 253 g/mol. The van der Waals surface area contributed by atoms with Crippen molar-refractivity contribution in [3.05, 3.63) is 17.5 Å². The topological polar surface area (TPSA) is 29.0 Å². The van der Waals surface area contributed by atoms with Gasteiger partial charge in [0.25, 0.3) is 0 Å². The van der Waals surface area contributed by atoms with E-state index in [1.54, 1.807) is 13.8 Å². The Kier molecular flexibility index (Phi) is 3.96. The molecule has 1 aromatic heterocycles. The largest absolute Gasteiger partial charge is 0.405 e. The van der Waals surface area contributed by atoms with E-state index in [0.29, 0.717) is 0 Å². The van der Waals surface area contributed by atoms with Crippen LogP contribution in [-0.2, 0) is 0 Å². The Labute approximate surface area is 96.3 Å². The first kappa shape index (κ1) is 13.0. The molecule has 1 rings (SSSR count). The van der Waals surface area contributed by atoms with Gasteiger partial charge in [0, 0.05) is 6.04 Å². The summed E-state index contributed by atoms with van der Waals surface area (Å²) in [7, 11) is 0. The van der Waals surface area contributed by atoms with Gasteiger partial charge in [-0.2, -0.15) is 13.2 Å². The highest BCUT2D eigenvalue weighted by atomic mass is 35.5. The summed E-state index contributed by atoms with van der Waals surface area (Å²) in [6, 6.07) is -0.339. The Hall–Kier alpha value is -1.04. The number of nitrogens with zero attached hydrogens (tertiary/aromatic N) is 3. The molecule has 0 aliphatic heterocycles. The van der Waals surface area contributed by atoms with Gasteiger partial charge in [0.1, 0.15) is 17.5 Å². The lowest BCUT2D eigenvalue weighted by molar-refractivity contribution is -0.120. The average molecular weight is 254 g/mol. The molecule has 0 aromatic carbocycles. The lowest BCUT2D eigenvalue weighted by Gasteiger charge is -2.28. The fraction of sp³-hybridized carbons (Fsp3) is 0.556. The first-order valence-electron chi connectivity index (χ1n) is 4.60. The van der Waals surface area contributed by atoms with E-state index in [9.17, 15) is 13.2 Å². The van der Waals surface area contributed by atoms with Gasteiger partial charge in [-0.3, -0.25) is 4.98 Å². The van der Waals surface area contributed by atoms with Gasteiger partial charge in [-0.15, -0.1) is 0 Å². The third kappa shape index (κ3) is 3.84. The molecule has 0 unspecified atom stereocenters. The predicted octanol–water partition coefficient (Wildman–Crippen LogP) is 2.91. The molecule has 0 atom stereocenters. The van der Waals surface area contributed by atoms with Gasteiger partial charge in [0.2, 0.25) is 0 Å². The van der Waals surface area contributed by atoms with Crippen LogP contribution < -0.4 is 4.90 Å². The highest BCUT2D eigenvalue weighted by Crippen LogP contribution is 2.22. The van der Waals surface area contributed by atoms with Crippen molar-refractivity contribution in [1.82, 2.24) is 9.97 Å². The van der Waals surface area contributed by atoms with Crippen LogP contribution in [0.15, 0.2) is 12.4 Å². The highest BCUT2D eigenvalue weighted by molar-refractivity contribution is 6.29. The molecular weight excluding hydrogens is 243 g/mol. The van der Waals surface area contributed by atoms with Crippen LogP contribution in [0, 0.1) is 0 Å². The maximum Gasteiger partial charge on any atom is 0.405 e. The van der Waals surface area contributed by atoms with Gasteiger partial charge in [-0.05, 0) is 13.8 Å². The van der Waals surface area contributed by atoms with Gasteiger partial charge in [-0.1, -0.05) is 11.6 Å². The van der Waals surface area contributed by atoms with E-state index < -0.39 is 12.7 Å². The maximum absolute atomic E-state index is 12.3. The second kappa shape index (κ2) is 4.86. The number of rotatable bonds is 3. The second-order valence-corrected chi connectivity index (χ2v) is 3.92. The molecule has 7 heteroatoms. The average Bonchev–Trinajstić information content (AvgIpc) is 2.12. The Morgan fingerprint density at radius 1 is 1.38 bits per heavy atom. The summed E-state index contributed by atoms with van der Waals surface area (Å²) in [5.41, 5.74) is 0. The molecule has 0 spiro atoms. The van der Waals surface area contributed by atoms with E-state index in [-0.39, 0.29) is 17.0 Å². The fourth-order valence-electron chi connectivity index (χ4n) is 1.19. The van der Waals surface area contributed by atoms with Crippen LogP contribution in [0.3, 0.4) is 0 Å². The molecule has 0 saturated heterocycles. The zero-order valence-corrected chi connectivity index (χ0v) is 9.55. The van der Waals surface area contributed by atoms with Crippen molar-refractivity contribution in [2.24, 2.45) is 0 Å². The van der Waals surface area contributed by atoms with Crippen molar-refractivity contribution in [2.45, 2.75) is 26.1 Å². The van der Waals surface area contributed by atoms with E-state index >= 15 is 0 Å². The molecule has 0 amide bonds. The molecule has 90 valence electrons. The number of hydrogen-bond donors (Lipinski definition) is 0. The van der Waals surface area contributed by atoms with E-state index in [0.717, 1.165) is 4.90 Å². The molecule has 0 saturated carbocycles. The minimum Gasteiger partial charge on any atom is -0.344 e. The lowest BCUT2D eigenvalue weighted by atomic mass is 10.3. The molecule has 0 aliphatic carbocycles. The van der Waals surface area contributed by atoms with E-state index in [2.05, 4.69) is 9.97 Å². The first-order valence-corrected chi connectivity index (χ1v) is 4.98. The summed E-state index contributed by atoms with van der Waals surface area (Å²) in [5.74, 6) is 0.125. The summed E-state index contributed by atoms with van der Waals surface area (Å²) < 4.78 is 37.0. The normalized spacial score (nSPS) is 11.9. The van der Waals surface area contributed by atoms with Crippen molar-refractivity contribution in [3.8, 4) is 0 Å². The van der Waals surface area contributed by atoms with Crippen LogP contribution in [0.1, 0.15) is 13.8 Å². The number of halogens is 4. The Morgan fingerprint density at radius 3 is 2.44 bits per heavy atom. The molecule has 0 bridgehead atoms. The Balaban J connectivity index is 2.94. The van der Waals surface area contributed by atoms with Crippen molar-refractivity contribution in [3.63, 3.8) is 0 Å². The summed E-state index contributed by atoms with van der Waals surface area (Å²) in [6.45, 7) is 2.22. The summed E-state index contributed by atoms with van der Waals surface area (Å²) >= 11 is 5.58. The number of aromatic nitrogens is 2. The zero-order valence-electron chi connectivity index (χ0n) is 8.79. The van der Waals surface area contributed by atoms with Crippen LogP contribution in [0.2, 0.25) is 5.15 Å². The maximum atomic E-state index is 12.3. The minimum absolute atomic E-state index is 0.0744. The first-order chi connectivity index (χ1) is 7.29. The van der Waals surface area contributed by atoms with Gasteiger partial charge < -0.3 is 4.90 Å². The molecule has 1 aromatic rings. The minimum atomic E-state index is -4.28. The molecule has 0 fully saturated rings. The summed E-state index contributed by atoms with van der Waals surface area (Å²) in [6.07, 6.45) is -1.75. The predicted molar refractivity (Wildman–Crippen MR) is 55.6 cm³/mol. The third-order valence-electron chi connectivity index (χ3n) is 1.86. The number of anilines is 1. The molecule has 0 radical (unpaired) electrons. The van der Waals surface area contributed by atoms with Gasteiger partial charge in [0.15, 0.2) is 0 Å². The van der Waals surface area contributed by atoms with Gasteiger partial charge in [0.05, 0.1) is 12.4 Å². The molecule has 3 nitrogen and oxygen atoms in total. The van der Waals surface area contributed by atoms with Crippen molar-refractivity contribution in [2.75, 3.05) is 11.4 Å². The Morgan fingerprint density at radius 2 is 2.00 bits per heavy atom. The number of hydrogen-bond acceptors (Lipinski definition) is 3. The van der Waals surface area contributed by atoms with E-state index in [4.69, 9.17) is 11.6 Å². The highest BCUT2D eigenvalue weighted by Gasteiger charge is 2.32. The van der Waals surface area contributed by atoms with Crippen molar-refractivity contribution >= 4 is 17.4 Å². The third-order valence-corrected chi connectivity index (χ3v) is 2.04. The van der Waals surface area contributed by atoms with Crippen molar-refractivity contribution in [1.29, 1.82) is 0 Å². The van der Waals surface area contributed by atoms with Crippen LogP contribution in [0.5, 0.6) is 0 Å². The molecular formula is C9H11ClF3N3. The fourth-order valence-corrected chi connectivity index (χ4v) is 1.34. The molecule has 16 heavy (non-hydrogen) atoms. The Bertz CT molecular complexity index is 354. The van der Waals surface area contributed by atoms with Crippen LogP contribution in [0.25, 0.3) is 0 Å². The quantitative estimate of drug-likeness (QED) is 0.829. The van der Waals surface area contributed by atoms with Crippen LogP contribution in [-0.4, -0.2) is 28.7 Å². The van der Waals surface area contributed by atoms with Gasteiger partial charge in [-0.25, -0.2) is 4.98 Å². The number of alkyl halides is 3. The van der Waals surface area contributed by atoms with Gasteiger partial charge >= 0.3 is 6.18 Å². The second-order valence-electron chi connectivity index (χ2n) is 3.54. The van der Waals surface area contributed by atoms with Crippen LogP contribution >= 0.6 is 11.6 Å². The summed E-state index contributed by atoms with van der Waals surface area (Å²) in [4.78, 5) is 8.62. The molecule has 1 heterocycles. The summed E-state index contributed by atoms with van der Waals surface area (Å²) in [5, 5.41) is 0.0744.